The van der Waals surface area contributed by atoms with Crippen LogP contribution in [-0.2, 0) is 9.53 Å². The maximum atomic E-state index is 12.1. The van der Waals surface area contributed by atoms with E-state index in [9.17, 15) is 9.59 Å². The minimum atomic E-state index is -0.291. The minimum absolute atomic E-state index is 0.0982. The predicted octanol–water partition coefficient (Wildman–Crippen LogP) is 1.06. The van der Waals surface area contributed by atoms with Crippen molar-refractivity contribution in [2.24, 2.45) is 0 Å². The van der Waals surface area contributed by atoms with Crippen LogP contribution in [-0.4, -0.2) is 50.5 Å². The van der Waals surface area contributed by atoms with E-state index >= 15 is 0 Å². The molecule has 2 N–H and O–H groups in total. The summed E-state index contributed by atoms with van der Waals surface area (Å²) in [5.74, 6) is 0.893. The van der Waals surface area contributed by atoms with Crippen molar-refractivity contribution in [3.05, 3.63) is 34.8 Å². The molecule has 1 aliphatic rings. The number of carbonyl (C=O) groups excluding carboxylic acids is 1. The Balaban J connectivity index is 1.49. The molecule has 3 aromatic heterocycles. The monoisotopic (exact) mass is 375 g/mol. The normalized spacial score (nSPS) is 17.0. The van der Waals surface area contributed by atoms with E-state index in [1.165, 1.54) is 28.6 Å². The Labute approximate surface area is 152 Å². The highest BCUT2D eigenvalue weighted by atomic mass is 32.2. The van der Waals surface area contributed by atoms with Gasteiger partial charge in [-0.05, 0) is 25.0 Å². The zero-order valence-electron chi connectivity index (χ0n) is 13.8. The molecule has 1 aliphatic heterocycles. The molecule has 0 aliphatic carbocycles. The third-order valence-electron chi connectivity index (χ3n) is 3.95. The molecule has 1 saturated heterocycles. The van der Waals surface area contributed by atoms with E-state index in [2.05, 4.69) is 20.4 Å². The lowest BCUT2D eigenvalue weighted by Crippen LogP contribution is -2.33. The number of thioether (sulfide) groups is 1. The number of nitrogens with one attached hydrogen (secondary N) is 2. The fraction of sp³-hybridized carbons (Fsp3) is 0.375. The van der Waals surface area contributed by atoms with Gasteiger partial charge in [-0.15, -0.1) is 0 Å². The average molecular weight is 375 g/mol. The molecule has 0 unspecified atom stereocenters. The molecule has 3 aromatic rings. The first-order chi connectivity index (χ1) is 12.7. The Morgan fingerprint density at radius 3 is 3.15 bits per heavy atom. The topological polar surface area (TPSA) is 115 Å². The summed E-state index contributed by atoms with van der Waals surface area (Å²) in [5.41, 5.74) is 0.124. The largest absolute Gasteiger partial charge is 0.461 e. The number of nitrogens with zero attached hydrogens (tertiary/aromatic N) is 3. The summed E-state index contributed by atoms with van der Waals surface area (Å²) in [7, 11) is 0. The second-order valence-electron chi connectivity index (χ2n) is 5.85. The van der Waals surface area contributed by atoms with Crippen molar-refractivity contribution in [1.82, 2.24) is 24.9 Å². The van der Waals surface area contributed by atoms with Crippen LogP contribution >= 0.6 is 11.8 Å². The maximum absolute atomic E-state index is 12.1. The van der Waals surface area contributed by atoms with Gasteiger partial charge < -0.3 is 14.5 Å². The lowest BCUT2D eigenvalue weighted by Gasteiger charge is -2.10. The van der Waals surface area contributed by atoms with Gasteiger partial charge in [0.2, 0.25) is 5.91 Å². The van der Waals surface area contributed by atoms with Crippen molar-refractivity contribution in [3.63, 3.8) is 0 Å². The molecule has 136 valence electrons. The van der Waals surface area contributed by atoms with Gasteiger partial charge in [-0.3, -0.25) is 14.7 Å². The minimum Gasteiger partial charge on any atom is -0.461 e. The van der Waals surface area contributed by atoms with E-state index in [4.69, 9.17) is 9.15 Å². The number of aromatic amines is 1. The number of ether oxygens (including phenoxy) is 1. The molecular formula is C16H17N5O4S. The molecule has 0 radical (unpaired) electrons. The summed E-state index contributed by atoms with van der Waals surface area (Å²) in [6.45, 7) is 1.27. The summed E-state index contributed by atoms with van der Waals surface area (Å²) in [5, 5.41) is 5.95. The van der Waals surface area contributed by atoms with Crippen LogP contribution in [0, 0.1) is 0 Å². The van der Waals surface area contributed by atoms with Crippen molar-refractivity contribution >= 4 is 23.3 Å². The van der Waals surface area contributed by atoms with Crippen LogP contribution in [0.2, 0.25) is 0 Å². The molecule has 0 spiro atoms. The summed E-state index contributed by atoms with van der Waals surface area (Å²) in [4.78, 5) is 32.5. The summed E-state index contributed by atoms with van der Waals surface area (Å²) < 4.78 is 12.3. The van der Waals surface area contributed by atoms with Gasteiger partial charge >= 0.3 is 0 Å². The smallest absolute Gasteiger partial charge is 0.266 e. The summed E-state index contributed by atoms with van der Waals surface area (Å²) in [6, 6.07) is 4.84. The van der Waals surface area contributed by atoms with Crippen LogP contribution in [0.3, 0.4) is 0 Å². The third-order valence-corrected chi connectivity index (χ3v) is 4.89. The van der Waals surface area contributed by atoms with E-state index in [-0.39, 0.29) is 23.3 Å². The standard InChI is InChI=1S/C16H17N5O4S/c22-13-7-12-18-15(11-4-2-6-25-11)19-16(21(12)20-13)26-9-14(23)17-8-10-3-1-5-24-10/h2,4,6-7,10H,1,3,5,8-9H2,(H,17,23)(H,20,22)/t10-/m0/s1. The first-order valence-corrected chi connectivity index (χ1v) is 9.22. The van der Waals surface area contributed by atoms with Gasteiger partial charge in [0.15, 0.2) is 22.4 Å². The van der Waals surface area contributed by atoms with E-state index in [0.717, 1.165) is 19.4 Å². The van der Waals surface area contributed by atoms with Gasteiger partial charge in [0.25, 0.3) is 5.56 Å². The fourth-order valence-electron chi connectivity index (χ4n) is 2.71. The molecule has 1 fully saturated rings. The van der Waals surface area contributed by atoms with Gasteiger partial charge in [0.1, 0.15) is 0 Å². The van der Waals surface area contributed by atoms with Crippen molar-refractivity contribution < 1.29 is 13.9 Å². The van der Waals surface area contributed by atoms with E-state index in [1.807, 2.05) is 0 Å². The number of carbonyl (C=O) groups is 1. The fourth-order valence-corrected chi connectivity index (χ4v) is 3.49. The Kier molecular flexibility index (Phi) is 4.76. The zero-order valence-corrected chi connectivity index (χ0v) is 14.6. The number of hydrogen-bond acceptors (Lipinski definition) is 7. The van der Waals surface area contributed by atoms with Gasteiger partial charge in [-0.1, -0.05) is 11.8 Å². The molecule has 10 heteroatoms. The predicted molar refractivity (Wildman–Crippen MR) is 94.0 cm³/mol. The number of rotatable bonds is 6. The third kappa shape index (κ3) is 3.65. The Bertz CT molecular complexity index is 959. The number of hydrogen-bond donors (Lipinski definition) is 2. The highest BCUT2D eigenvalue weighted by molar-refractivity contribution is 7.99. The van der Waals surface area contributed by atoms with E-state index in [1.54, 1.807) is 12.1 Å². The molecular weight excluding hydrogens is 358 g/mol. The highest BCUT2D eigenvalue weighted by Gasteiger charge is 2.17. The first-order valence-electron chi connectivity index (χ1n) is 8.24. The molecule has 26 heavy (non-hydrogen) atoms. The quantitative estimate of drug-likeness (QED) is 0.619. The molecule has 0 aromatic carbocycles. The average Bonchev–Trinajstić information content (AvgIpc) is 3.37. The summed E-state index contributed by atoms with van der Waals surface area (Å²) >= 11 is 1.21. The van der Waals surface area contributed by atoms with Crippen LogP contribution in [0.15, 0.2) is 38.8 Å². The molecule has 9 nitrogen and oxygen atoms in total. The molecule has 1 atom stereocenters. The molecule has 0 saturated carbocycles. The Morgan fingerprint density at radius 1 is 1.46 bits per heavy atom. The van der Waals surface area contributed by atoms with Crippen molar-refractivity contribution in [1.29, 1.82) is 0 Å². The van der Waals surface area contributed by atoms with Gasteiger partial charge in [-0.2, -0.15) is 4.98 Å². The maximum Gasteiger partial charge on any atom is 0.266 e. The Morgan fingerprint density at radius 2 is 2.38 bits per heavy atom. The lowest BCUT2D eigenvalue weighted by molar-refractivity contribution is -0.119. The van der Waals surface area contributed by atoms with Crippen LogP contribution in [0.4, 0.5) is 0 Å². The molecule has 4 rings (SSSR count). The van der Waals surface area contributed by atoms with Crippen LogP contribution in [0.25, 0.3) is 17.2 Å². The van der Waals surface area contributed by atoms with Crippen LogP contribution in [0.5, 0.6) is 0 Å². The molecule has 4 heterocycles. The zero-order chi connectivity index (χ0) is 17.9. The lowest BCUT2D eigenvalue weighted by atomic mass is 10.2. The van der Waals surface area contributed by atoms with Crippen molar-refractivity contribution in [3.8, 4) is 11.6 Å². The Hall–Kier alpha value is -2.59. The number of fused-ring (bicyclic) bond motifs is 1. The summed E-state index contributed by atoms with van der Waals surface area (Å²) in [6.07, 6.45) is 3.63. The SMILES string of the molecule is O=C(CSc1nc(-c2ccco2)nc2cc(=O)[nH]n12)NC[C@@H]1CCCO1. The second-order valence-corrected chi connectivity index (χ2v) is 6.79. The van der Waals surface area contributed by atoms with Crippen LogP contribution in [0.1, 0.15) is 12.8 Å². The van der Waals surface area contributed by atoms with Crippen molar-refractivity contribution in [2.45, 2.75) is 24.1 Å². The number of H-pyrrole nitrogens is 1. The highest BCUT2D eigenvalue weighted by Crippen LogP contribution is 2.21. The van der Waals surface area contributed by atoms with Gasteiger partial charge in [0, 0.05) is 19.2 Å². The van der Waals surface area contributed by atoms with Gasteiger partial charge in [0.05, 0.1) is 18.1 Å². The molecule has 0 bridgehead atoms. The van der Waals surface area contributed by atoms with Crippen LogP contribution < -0.4 is 10.9 Å². The number of aromatic nitrogens is 4. The molecule has 1 amide bonds. The van der Waals surface area contributed by atoms with E-state index in [0.29, 0.717) is 28.9 Å². The van der Waals surface area contributed by atoms with Crippen molar-refractivity contribution in [2.75, 3.05) is 18.9 Å². The second kappa shape index (κ2) is 7.34. The first kappa shape index (κ1) is 16.9. The van der Waals surface area contributed by atoms with Gasteiger partial charge in [-0.25, -0.2) is 9.50 Å². The number of amides is 1. The number of furan rings is 1. The van der Waals surface area contributed by atoms with E-state index < -0.39 is 0 Å².